The Kier molecular flexibility index (Phi) is 3.62. The lowest BCUT2D eigenvalue weighted by Gasteiger charge is -2.24. The maximum Gasteiger partial charge on any atom is 0.326 e. The number of carbonyl (C=O) groups is 1. The first-order chi connectivity index (χ1) is 8.61. The molecule has 0 N–H and O–H groups in total. The van der Waals surface area contributed by atoms with E-state index >= 15 is 0 Å². The van der Waals surface area contributed by atoms with Crippen LogP contribution in [0.4, 0.5) is 0 Å². The molecule has 0 aliphatic heterocycles. The topological polar surface area (TPSA) is 26.3 Å². The van der Waals surface area contributed by atoms with E-state index in [0.29, 0.717) is 6.42 Å². The van der Waals surface area contributed by atoms with Crippen LogP contribution in [-0.2, 0) is 14.3 Å². The van der Waals surface area contributed by atoms with Gasteiger partial charge in [0, 0.05) is 0 Å². The zero-order valence-corrected chi connectivity index (χ0v) is 11.4. The molecule has 0 fully saturated rings. The molecular formula is C15H16O2S. The summed E-state index contributed by atoms with van der Waals surface area (Å²) >= 11 is 4.53. The van der Waals surface area contributed by atoms with Crippen LogP contribution >= 0.6 is 12.6 Å². The Balaban J connectivity index is 2.55. The third-order valence-electron chi connectivity index (χ3n) is 3.26. The Labute approximate surface area is 112 Å². The molecule has 3 heteroatoms. The summed E-state index contributed by atoms with van der Waals surface area (Å²) in [6.45, 7) is 1.93. The van der Waals surface area contributed by atoms with Crippen molar-refractivity contribution in [1.29, 1.82) is 0 Å². The van der Waals surface area contributed by atoms with E-state index in [4.69, 9.17) is 4.74 Å². The Hall–Kier alpha value is -1.48. The molecule has 2 aromatic carbocycles. The second kappa shape index (κ2) is 5.02. The van der Waals surface area contributed by atoms with Crippen LogP contribution in [0, 0.1) is 0 Å². The van der Waals surface area contributed by atoms with E-state index in [9.17, 15) is 4.79 Å². The van der Waals surface area contributed by atoms with Crippen LogP contribution in [-0.4, -0.2) is 13.1 Å². The van der Waals surface area contributed by atoms with Gasteiger partial charge in [-0.15, -0.1) is 0 Å². The van der Waals surface area contributed by atoms with E-state index in [1.54, 1.807) is 0 Å². The van der Waals surface area contributed by atoms with Crippen LogP contribution in [0.1, 0.15) is 18.9 Å². The van der Waals surface area contributed by atoms with E-state index in [-0.39, 0.29) is 5.97 Å². The Morgan fingerprint density at radius 2 is 1.89 bits per heavy atom. The Morgan fingerprint density at radius 1 is 1.22 bits per heavy atom. The molecule has 0 saturated heterocycles. The third-order valence-corrected chi connectivity index (χ3v) is 4.02. The lowest BCUT2D eigenvalue weighted by molar-refractivity contribution is -0.143. The highest BCUT2D eigenvalue weighted by molar-refractivity contribution is 7.82. The number of thiol groups is 1. The van der Waals surface area contributed by atoms with E-state index in [0.717, 1.165) is 16.3 Å². The molecule has 0 aromatic heterocycles. The van der Waals surface area contributed by atoms with Gasteiger partial charge in [-0.1, -0.05) is 43.3 Å². The highest BCUT2D eigenvalue weighted by atomic mass is 32.1. The molecule has 18 heavy (non-hydrogen) atoms. The fourth-order valence-electron chi connectivity index (χ4n) is 2.08. The Morgan fingerprint density at radius 3 is 2.50 bits per heavy atom. The summed E-state index contributed by atoms with van der Waals surface area (Å²) in [5.74, 6) is -0.316. The lowest BCUT2D eigenvalue weighted by Crippen LogP contribution is -2.30. The van der Waals surface area contributed by atoms with Crippen molar-refractivity contribution in [2.24, 2.45) is 0 Å². The van der Waals surface area contributed by atoms with E-state index in [1.807, 2.05) is 49.4 Å². The first-order valence-corrected chi connectivity index (χ1v) is 6.36. The molecule has 0 aliphatic carbocycles. The van der Waals surface area contributed by atoms with Crippen molar-refractivity contribution in [3.8, 4) is 0 Å². The summed E-state index contributed by atoms with van der Waals surface area (Å²) in [6, 6.07) is 14.0. The standard InChI is InChI=1S/C15H16O2S/c1-3-15(18,14(16)17-2)13-9-8-11-6-4-5-7-12(11)10-13/h4-10,18H,3H2,1-2H3. The van der Waals surface area contributed by atoms with Crippen LogP contribution in [0.25, 0.3) is 10.8 Å². The quantitative estimate of drug-likeness (QED) is 0.674. The number of fused-ring (bicyclic) bond motifs is 1. The van der Waals surface area contributed by atoms with Crippen molar-refractivity contribution >= 4 is 29.4 Å². The van der Waals surface area contributed by atoms with Gasteiger partial charge in [-0.25, -0.2) is 0 Å². The first-order valence-electron chi connectivity index (χ1n) is 5.92. The van der Waals surface area contributed by atoms with Crippen molar-refractivity contribution in [2.45, 2.75) is 18.1 Å². The molecule has 2 rings (SSSR count). The van der Waals surface area contributed by atoms with Gasteiger partial charge in [0.05, 0.1) is 7.11 Å². The van der Waals surface area contributed by atoms with E-state index < -0.39 is 4.75 Å². The minimum Gasteiger partial charge on any atom is -0.468 e. The molecule has 2 nitrogen and oxygen atoms in total. The van der Waals surface area contributed by atoms with Gasteiger partial charge in [-0.2, -0.15) is 12.6 Å². The predicted octanol–water partition coefficient (Wildman–Crippen LogP) is 3.55. The maximum absolute atomic E-state index is 11.9. The molecule has 1 atom stereocenters. The van der Waals surface area contributed by atoms with Gasteiger partial charge in [0.2, 0.25) is 0 Å². The highest BCUT2D eigenvalue weighted by Gasteiger charge is 2.35. The SMILES string of the molecule is CCC(S)(C(=O)OC)c1ccc2ccccc2c1. The summed E-state index contributed by atoms with van der Waals surface area (Å²) < 4.78 is 3.98. The molecule has 0 aliphatic rings. The highest BCUT2D eigenvalue weighted by Crippen LogP contribution is 2.35. The fraction of sp³-hybridized carbons (Fsp3) is 0.267. The van der Waals surface area contributed by atoms with Crippen molar-refractivity contribution in [3.63, 3.8) is 0 Å². The van der Waals surface area contributed by atoms with Crippen LogP contribution in [0.5, 0.6) is 0 Å². The van der Waals surface area contributed by atoms with Crippen molar-refractivity contribution in [1.82, 2.24) is 0 Å². The molecule has 0 bridgehead atoms. The number of methoxy groups -OCH3 is 1. The van der Waals surface area contributed by atoms with Crippen LogP contribution in [0.2, 0.25) is 0 Å². The van der Waals surface area contributed by atoms with Gasteiger partial charge in [0.25, 0.3) is 0 Å². The van der Waals surface area contributed by atoms with Crippen molar-refractivity contribution in [2.75, 3.05) is 7.11 Å². The van der Waals surface area contributed by atoms with E-state index in [2.05, 4.69) is 12.6 Å². The van der Waals surface area contributed by atoms with Gasteiger partial charge in [-0.3, -0.25) is 4.79 Å². The number of rotatable bonds is 3. The summed E-state index contributed by atoms with van der Waals surface area (Å²) in [5.41, 5.74) is 0.874. The monoisotopic (exact) mass is 260 g/mol. The van der Waals surface area contributed by atoms with Gasteiger partial charge < -0.3 is 4.74 Å². The number of hydrogen-bond donors (Lipinski definition) is 1. The van der Waals surface area contributed by atoms with Gasteiger partial charge in [-0.05, 0) is 28.8 Å². The first kappa shape index (κ1) is 13.0. The number of ether oxygens (including phenoxy) is 1. The maximum atomic E-state index is 11.9. The lowest BCUT2D eigenvalue weighted by atomic mass is 9.93. The molecule has 2 aromatic rings. The molecule has 1 unspecified atom stereocenters. The van der Waals surface area contributed by atoms with Gasteiger partial charge in [0.1, 0.15) is 4.75 Å². The molecule has 0 heterocycles. The summed E-state index contributed by atoms with van der Waals surface area (Å²) in [4.78, 5) is 11.9. The van der Waals surface area contributed by atoms with Gasteiger partial charge >= 0.3 is 5.97 Å². The van der Waals surface area contributed by atoms with Crippen LogP contribution in [0.15, 0.2) is 42.5 Å². The molecule has 0 amide bonds. The van der Waals surface area contributed by atoms with Gasteiger partial charge in [0.15, 0.2) is 0 Å². The smallest absolute Gasteiger partial charge is 0.326 e. The number of esters is 1. The predicted molar refractivity (Wildman–Crippen MR) is 76.9 cm³/mol. The third kappa shape index (κ3) is 2.10. The van der Waals surface area contributed by atoms with Crippen molar-refractivity contribution < 1.29 is 9.53 Å². The molecule has 0 radical (unpaired) electrons. The fourth-order valence-corrected chi connectivity index (χ4v) is 2.31. The zero-order chi connectivity index (χ0) is 13.2. The average molecular weight is 260 g/mol. The molecular weight excluding hydrogens is 244 g/mol. The minimum atomic E-state index is -0.876. The zero-order valence-electron chi connectivity index (χ0n) is 10.5. The summed E-state index contributed by atoms with van der Waals surface area (Å²) in [5, 5.41) is 2.25. The molecule has 0 spiro atoms. The second-order valence-electron chi connectivity index (χ2n) is 4.27. The van der Waals surface area contributed by atoms with E-state index in [1.165, 1.54) is 7.11 Å². The number of benzene rings is 2. The molecule has 0 saturated carbocycles. The average Bonchev–Trinajstić information content (AvgIpc) is 2.44. The second-order valence-corrected chi connectivity index (χ2v) is 5.03. The Bertz CT molecular complexity index is 579. The number of carbonyl (C=O) groups excluding carboxylic acids is 1. The largest absolute Gasteiger partial charge is 0.468 e. The minimum absolute atomic E-state index is 0.316. The van der Waals surface area contributed by atoms with Crippen molar-refractivity contribution in [3.05, 3.63) is 48.0 Å². The van der Waals surface area contributed by atoms with Crippen LogP contribution in [0.3, 0.4) is 0 Å². The normalized spacial score (nSPS) is 14.2. The summed E-state index contributed by atoms with van der Waals surface area (Å²) in [6.07, 6.45) is 0.584. The van der Waals surface area contributed by atoms with Crippen LogP contribution < -0.4 is 0 Å². The summed E-state index contributed by atoms with van der Waals surface area (Å²) in [7, 11) is 1.39. The molecule has 94 valence electrons. The number of hydrogen-bond acceptors (Lipinski definition) is 3.